The van der Waals surface area contributed by atoms with Crippen LogP contribution in [0.15, 0.2) is 95.0 Å². The molecule has 1 heterocycles. The first-order chi connectivity index (χ1) is 10.8. The van der Waals surface area contributed by atoms with Crippen LogP contribution in [-0.2, 0) is 0 Å². The Kier molecular flexibility index (Phi) is 4.71. The van der Waals surface area contributed by atoms with Gasteiger partial charge in [-0.15, -0.1) is 0 Å². The van der Waals surface area contributed by atoms with E-state index in [2.05, 4.69) is 90.7 Å². The van der Waals surface area contributed by atoms with Crippen LogP contribution in [0.2, 0.25) is 0 Å². The van der Waals surface area contributed by atoms with Crippen molar-refractivity contribution in [1.29, 1.82) is 0 Å². The molecule has 0 amide bonds. The normalized spacial score (nSPS) is 11.4. The van der Waals surface area contributed by atoms with Gasteiger partial charge in [0.1, 0.15) is 0 Å². The second-order valence-electron chi connectivity index (χ2n) is 5.05. The Hall–Kier alpha value is -2.32. The van der Waals surface area contributed by atoms with E-state index in [0.29, 0.717) is 0 Å². The zero-order valence-corrected chi connectivity index (χ0v) is 13.3. The van der Waals surface area contributed by atoms with Crippen LogP contribution in [0.1, 0.15) is 6.92 Å². The molecule has 0 N–H and O–H groups in total. The average molecular weight is 304 g/mol. The van der Waals surface area contributed by atoms with Gasteiger partial charge in [0, 0.05) is 17.0 Å². The smallest absolute Gasteiger partial charge is 0.173 e. The summed E-state index contributed by atoms with van der Waals surface area (Å²) >= 11 is 1.78. The Morgan fingerprint density at radius 1 is 0.773 bits per heavy atom. The molecule has 3 rings (SSSR count). The maximum atomic E-state index is 2.15. The molecule has 0 aliphatic carbocycles. The van der Waals surface area contributed by atoms with Gasteiger partial charge < -0.3 is 0 Å². The van der Waals surface area contributed by atoms with Gasteiger partial charge in [0.25, 0.3) is 0 Å². The maximum absolute atomic E-state index is 2.15. The monoisotopic (exact) mass is 304 g/mol. The summed E-state index contributed by atoms with van der Waals surface area (Å²) in [6.07, 6.45) is 6.33. The van der Waals surface area contributed by atoms with E-state index < -0.39 is 0 Å². The van der Waals surface area contributed by atoms with Crippen LogP contribution in [0.3, 0.4) is 0 Å². The molecule has 2 aromatic carbocycles. The molecule has 0 aliphatic heterocycles. The largest absolute Gasteiger partial charge is 0.184 e. The Bertz CT molecular complexity index is 747. The van der Waals surface area contributed by atoms with Gasteiger partial charge in [-0.25, -0.2) is 0 Å². The molecule has 0 saturated carbocycles. The standard InChI is InChI=1S/C20H18NS/c1-17(22-20-10-6-3-7-11-20)16-21-14-12-19(13-15-21)18-8-4-2-5-9-18/h2-16H,1H3/q+1/b17-16-. The van der Waals surface area contributed by atoms with E-state index >= 15 is 0 Å². The van der Waals surface area contributed by atoms with Gasteiger partial charge in [-0.1, -0.05) is 60.3 Å². The number of nitrogens with zero attached hydrogens (tertiary/aromatic N) is 1. The lowest BCUT2D eigenvalue weighted by molar-refractivity contribution is -0.568. The van der Waals surface area contributed by atoms with E-state index in [1.807, 2.05) is 12.1 Å². The minimum absolute atomic E-state index is 1.23. The summed E-state index contributed by atoms with van der Waals surface area (Å²) in [5.41, 5.74) is 2.48. The quantitative estimate of drug-likeness (QED) is 0.470. The third kappa shape index (κ3) is 3.86. The van der Waals surface area contributed by atoms with Crippen molar-refractivity contribution in [2.75, 3.05) is 0 Å². The minimum Gasteiger partial charge on any atom is -0.173 e. The van der Waals surface area contributed by atoms with Crippen LogP contribution in [0.5, 0.6) is 0 Å². The predicted octanol–water partition coefficient (Wildman–Crippen LogP) is 5.25. The fraction of sp³-hybridized carbons (Fsp3) is 0.0500. The maximum Gasteiger partial charge on any atom is 0.184 e. The number of hydrogen-bond donors (Lipinski definition) is 0. The number of rotatable bonds is 4. The van der Waals surface area contributed by atoms with Gasteiger partial charge in [0.15, 0.2) is 18.6 Å². The molecule has 22 heavy (non-hydrogen) atoms. The van der Waals surface area contributed by atoms with Crippen LogP contribution in [0.4, 0.5) is 0 Å². The summed E-state index contributed by atoms with van der Waals surface area (Å²) in [6, 6.07) is 25.2. The zero-order valence-electron chi connectivity index (χ0n) is 12.5. The Morgan fingerprint density at radius 3 is 1.95 bits per heavy atom. The van der Waals surface area contributed by atoms with E-state index in [1.165, 1.54) is 20.9 Å². The van der Waals surface area contributed by atoms with Gasteiger partial charge in [0.05, 0.1) is 4.91 Å². The van der Waals surface area contributed by atoms with Crippen molar-refractivity contribution in [3.8, 4) is 11.1 Å². The highest BCUT2D eigenvalue weighted by molar-refractivity contribution is 8.03. The van der Waals surface area contributed by atoms with Crippen molar-refractivity contribution in [2.45, 2.75) is 11.8 Å². The molecule has 0 aliphatic rings. The Balaban J connectivity index is 1.74. The Morgan fingerprint density at radius 2 is 1.32 bits per heavy atom. The molecule has 2 heteroatoms. The van der Waals surface area contributed by atoms with Gasteiger partial charge in [-0.3, -0.25) is 0 Å². The first-order valence-corrected chi connectivity index (χ1v) is 8.10. The molecular formula is C20H18NS+. The molecule has 0 saturated heterocycles. The lowest BCUT2D eigenvalue weighted by Gasteiger charge is -2.00. The molecule has 0 fully saturated rings. The number of allylic oxidation sites excluding steroid dienone is 1. The molecule has 3 aromatic rings. The second kappa shape index (κ2) is 7.10. The van der Waals surface area contributed by atoms with E-state index in [4.69, 9.17) is 0 Å². The lowest BCUT2D eigenvalue weighted by atomic mass is 10.1. The summed E-state index contributed by atoms with van der Waals surface area (Å²) in [7, 11) is 0. The highest BCUT2D eigenvalue weighted by Gasteiger charge is 2.02. The molecule has 1 nitrogen and oxygen atoms in total. The van der Waals surface area contributed by atoms with Crippen LogP contribution >= 0.6 is 11.8 Å². The number of aromatic nitrogens is 1. The van der Waals surface area contributed by atoms with E-state index in [1.54, 1.807) is 11.8 Å². The topological polar surface area (TPSA) is 3.88 Å². The highest BCUT2D eigenvalue weighted by atomic mass is 32.2. The Labute approximate surface area is 136 Å². The van der Waals surface area contributed by atoms with E-state index in [9.17, 15) is 0 Å². The lowest BCUT2D eigenvalue weighted by Crippen LogP contribution is -2.24. The van der Waals surface area contributed by atoms with Gasteiger partial charge in [-0.2, -0.15) is 4.57 Å². The average Bonchev–Trinajstić information content (AvgIpc) is 2.57. The number of hydrogen-bond acceptors (Lipinski definition) is 1. The molecular weight excluding hydrogens is 286 g/mol. The third-order valence-electron chi connectivity index (χ3n) is 3.31. The second-order valence-corrected chi connectivity index (χ2v) is 6.37. The van der Waals surface area contributed by atoms with Gasteiger partial charge >= 0.3 is 0 Å². The predicted molar refractivity (Wildman–Crippen MR) is 94.3 cm³/mol. The number of benzene rings is 2. The molecule has 108 valence electrons. The van der Waals surface area contributed by atoms with E-state index in [-0.39, 0.29) is 0 Å². The summed E-state index contributed by atoms with van der Waals surface area (Å²) < 4.78 is 2.09. The van der Waals surface area contributed by atoms with Gasteiger partial charge in [0.2, 0.25) is 0 Å². The fourth-order valence-corrected chi connectivity index (χ4v) is 3.10. The van der Waals surface area contributed by atoms with Crippen molar-refractivity contribution < 1.29 is 4.57 Å². The first kappa shape index (κ1) is 14.6. The molecule has 0 unspecified atom stereocenters. The summed E-state index contributed by atoms with van der Waals surface area (Å²) in [6.45, 7) is 2.13. The number of pyridine rings is 1. The van der Waals surface area contributed by atoms with Crippen LogP contribution < -0.4 is 4.57 Å². The SMILES string of the molecule is C/C(=C/[n+]1ccc(-c2ccccc2)cc1)Sc1ccccc1. The van der Waals surface area contributed by atoms with Crippen LogP contribution in [-0.4, -0.2) is 0 Å². The third-order valence-corrected chi connectivity index (χ3v) is 4.25. The van der Waals surface area contributed by atoms with Crippen LogP contribution in [0, 0.1) is 0 Å². The first-order valence-electron chi connectivity index (χ1n) is 7.29. The van der Waals surface area contributed by atoms with Crippen molar-refractivity contribution in [3.63, 3.8) is 0 Å². The summed E-state index contributed by atoms with van der Waals surface area (Å²) in [5.74, 6) is 0. The van der Waals surface area contributed by atoms with Crippen molar-refractivity contribution in [3.05, 3.63) is 90.1 Å². The molecule has 1 aromatic heterocycles. The molecule has 0 spiro atoms. The number of thioether (sulfide) groups is 1. The minimum atomic E-state index is 1.23. The highest BCUT2D eigenvalue weighted by Crippen LogP contribution is 2.25. The van der Waals surface area contributed by atoms with Crippen molar-refractivity contribution >= 4 is 18.0 Å². The van der Waals surface area contributed by atoms with Crippen molar-refractivity contribution in [1.82, 2.24) is 0 Å². The zero-order chi connectivity index (χ0) is 15.2. The fourth-order valence-electron chi connectivity index (χ4n) is 2.26. The van der Waals surface area contributed by atoms with Crippen LogP contribution in [0.25, 0.3) is 17.3 Å². The molecule has 0 radical (unpaired) electrons. The summed E-state index contributed by atoms with van der Waals surface area (Å²) in [5, 5.41) is 0. The van der Waals surface area contributed by atoms with Gasteiger partial charge in [-0.05, 0) is 30.2 Å². The van der Waals surface area contributed by atoms with Crippen molar-refractivity contribution in [2.24, 2.45) is 0 Å². The summed E-state index contributed by atoms with van der Waals surface area (Å²) in [4.78, 5) is 2.52. The molecule has 0 bridgehead atoms. The molecule has 0 atom stereocenters. The van der Waals surface area contributed by atoms with E-state index in [0.717, 1.165) is 0 Å².